The number of halogens is 1. The summed E-state index contributed by atoms with van der Waals surface area (Å²) in [5.74, 6) is 0.804. The number of aromatic amines is 1. The fourth-order valence-electron chi connectivity index (χ4n) is 10.6. The van der Waals surface area contributed by atoms with E-state index in [9.17, 15) is 24.2 Å². The van der Waals surface area contributed by atoms with Crippen LogP contribution < -0.4 is 24.3 Å². The molecular formula is C41H43FN4O9S. The lowest BCUT2D eigenvalue weighted by molar-refractivity contribution is -0.181. The molecule has 0 aliphatic carbocycles. The average Bonchev–Trinajstić information content (AvgIpc) is 3.80. The van der Waals surface area contributed by atoms with Gasteiger partial charge in [0.05, 0.1) is 37.1 Å². The van der Waals surface area contributed by atoms with Gasteiger partial charge in [-0.1, -0.05) is 6.07 Å². The lowest BCUT2D eigenvalue weighted by Crippen LogP contribution is -2.69. The number of carbonyl (C=O) groups is 2. The molecule has 56 heavy (non-hydrogen) atoms. The number of methoxy groups -OCH3 is 1. The highest BCUT2D eigenvalue weighted by Gasteiger charge is 2.61. The zero-order valence-corrected chi connectivity index (χ0v) is 32.5. The third-order valence-corrected chi connectivity index (χ3v) is 14.4. The Morgan fingerprint density at radius 2 is 1.93 bits per heavy atom. The van der Waals surface area contributed by atoms with E-state index in [4.69, 9.17) is 23.7 Å². The van der Waals surface area contributed by atoms with E-state index < -0.39 is 41.1 Å². The largest absolute Gasteiger partial charge is 0.504 e. The summed E-state index contributed by atoms with van der Waals surface area (Å²) < 4.78 is 45.3. The minimum Gasteiger partial charge on any atom is -0.504 e. The number of benzene rings is 3. The Bertz CT molecular complexity index is 2370. The number of phenolic OH excluding ortho intramolecular Hbond substituents is 1. The summed E-state index contributed by atoms with van der Waals surface area (Å²) in [7, 11) is 3.50. The second-order valence-corrected chi connectivity index (χ2v) is 16.9. The molecule has 3 aromatic carbocycles. The maximum atomic E-state index is 14.8. The number of ether oxygens (including phenoxy) is 5. The van der Waals surface area contributed by atoms with E-state index in [0.29, 0.717) is 70.3 Å². The molecule has 7 aliphatic rings. The number of ketones is 1. The van der Waals surface area contributed by atoms with Crippen molar-refractivity contribution in [1.29, 1.82) is 0 Å². The van der Waals surface area contributed by atoms with E-state index in [1.807, 2.05) is 27.0 Å². The first-order valence-corrected chi connectivity index (χ1v) is 20.0. The van der Waals surface area contributed by atoms with Crippen LogP contribution in [0.5, 0.6) is 28.7 Å². The van der Waals surface area contributed by atoms with E-state index in [2.05, 4.69) is 20.1 Å². The number of phenols is 1. The molecule has 11 rings (SSSR count). The quantitative estimate of drug-likeness (QED) is 0.168. The Labute approximate surface area is 326 Å². The first-order chi connectivity index (χ1) is 26.9. The summed E-state index contributed by atoms with van der Waals surface area (Å²) in [5, 5.41) is 28.4. The van der Waals surface area contributed by atoms with Crippen molar-refractivity contribution in [2.24, 2.45) is 0 Å². The number of nitrogens with zero attached hydrogens (tertiary/aromatic N) is 2. The molecule has 1 spiro atoms. The highest BCUT2D eigenvalue weighted by Crippen LogP contribution is 2.64. The zero-order chi connectivity index (χ0) is 38.9. The standard InChI is InChI=1S/C41H43FN4O9S/c1-17-10-20-11-25-40(50)46-26-13-52-14-27(48)41(39-22(8-9-43-41)23-12-21(42)6-7-24(23)44-39)15-56-38(32(46)31(45(25)4)28(20)33(49)34(17)51-5)30-29(26)37-36(53-16-54-37)18(2)35(30)55-19(3)47/h6-7,10,12,25-26,31-32,38,40,43-44,49-50H,8-9,11,13-16H2,1-5H3/t25-,26+,31+,32?,38+,40-,41-/m0/s1. The van der Waals surface area contributed by atoms with Gasteiger partial charge in [-0.2, -0.15) is 0 Å². The van der Waals surface area contributed by atoms with Gasteiger partial charge in [-0.05, 0) is 68.6 Å². The number of aromatic hydroxyl groups is 1. The van der Waals surface area contributed by atoms with Crippen LogP contribution in [0.3, 0.4) is 0 Å². The number of likely N-dealkylation sites (N-methyl/N-ethyl adjacent to an activating group) is 1. The number of aliphatic hydroxyl groups excluding tert-OH is 1. The Kier molecular flexibility index (Phi) is 8.24. The molecule has 7 atom stereocenters. The molecular weight excluding hydrogens is 744 g/mol. The van der Waals surface area contributed by atoms with E-state index in [0.717, 1.165) is 27.6 Å². The van der Waals surface area contributed by atoms with Gasteiger partial charge < -0.3 is 38.9 Å². The van der Waals surface area contributed by atoms with Gasteiger partial charge in [0.2, 0.25) is 6.79 Å². The van der Waals surface area contributed by atoms with Crippen molar-refractivity contribution < 1.29 is 47.9 Å². The normalized spacial score (nSPS) is 29.4. The third-order valence-electron chi connectivity index (χ3n) is 12.9. The topological polar surface area (TPSA) is 155 Å². The minimum absolute atomic E-state index is 0.0257. The number of carbonyl (C=O) groups excluding carboxylic acids is 2. The van der Waals surface area contributed by atoms with Crippen molar-refractivity contribution in [2.75, 3.05) is 46.5 Å². The van der Waals surface area contributed by atoms with Gasteiger partial charge >= 0.3 is 5.97 Å². The number of aromatic nitrogens is 1. The Morgan fingerprint density at radius 1 is 1.12 bits per heavy atom. The van der Waals surface area contributed by atoms with E-state index >= 15 is 0 Å². The van der Waals surface area contributed by atoms with Gasteiger partial charge in [0.15, 0.2) is 28.8 Å². The van der Waals surface area contributed by atoms with E-state index in [1.165, 1.54) is 37.9 Å². The summed E-state index contributed by atoms with van der Waals surface area (Å²) in [6.07, 6.45) is 0.0259. The van der Waals surface area contributed by atoms with Crippen LogP contribution in [0.2, 0.25) is 0 Å². The van der Waals surface area contributed by atoms with Gasteiger partial charge in [0.25, 0.3) is 0 Å². The summed E-state index contributed by atoms with van der Waals surface area (Å²) in [6, 6.07) is 4.51. The van der Waals surface area contributed by atoms with Crippen molar-refractivity contribution in [2.45, 2.75) is 74.8 Å². The molecule has 0 amide bonds. The fraction of sp³-hybridized carbons (Fsp3) is 0.463. The smallest absolute Gasteiger partial charge is 0.308 e. The molecule has 7 aliphatic heterocycles. The summed E-state index contributed by atoms with van der Waals surface area (Å²) >= 11 is 1.51. The molecule has 15 heteroatoms. The molecule has 1 unspecified atom stereocenters. The predicted octanol–water partition coefficient (Wildman–Crippen LogP) is 4.36. The van der Waals surface area contributed by atoms with Crippen LogP contribution in [-0.4, -0.2) is 102 Å². The molecule has 2 saturated heterocycles. The number of esters is 1. The van der Waals surface area contributed by atoms with Gasteiger partial charge in [-0.3, -0.25) is 24.7 Å². The molecule has 13 nitrogen and oxygen atoms in total. The molecule has 0 saturated carbocycles. The van der Waals surface area contributed by atoms with Crippen molar-refractivity contribution in [3.63, 3.8) is 0 Å². The van der Waals surface area contributed by atoms with Crippen molar-refractivity contribution in [1.82, 2.24) is 20.1 Å². The lowest BCUT2D eigenvalue weighted by Gasteiger charge is -2.61. The number of hydrogen-bond acceptors (Lipinski definition) is 13. The maximum absolute atomic E-state index is 14.8. The fourth-order valence-corrected chi connectivity index (χ4v) is 12.3. The number of rotatable bonds is 2. The van der Waals surface area contributed by atoms with Crippen LogP contribution in [0.1, 0.15) is 68.9 Å². The van der Waals surface area contributed by atoms with Gasteiger partial charge in [-0.15, -0.1) is 11.8 Å². The number of H-pyrrole nitrogens is 1. The second-order valence-electron chi connectivity index (χ2n) is 15.8. The number of fused-ring (bicyclic) bond motifs is 12. The average molecular weight is 787 g/mol. The van der Waals surface area contributed by atoms with E-state index in [-0.39, 0.29) is 49.2 Å². The van der Waals surface area contributed by atoms with Crippen molar-refractivity contribution >= 4 is 34.4 Å². The van der Waals surface area contributed by atoms with Gasteiger partial charge in [-0.25, -0.2) is 4.39 Å². The Morgan fingerprint density at radius 3 is 2.71 bits per heavy atom. The highest BCUT2D eigenvalue weighted by atomic mass is 32.2. The maximum Gasteiger partial charge on any atom is 0.308 e. The molecule has 4 N–H and O–H groups in total. The number of hydrogen-bond donors (Lipinski definition) is 4. The van der Waals surface area contributed by atoms with Crippen LogP contribution in [0.4, 0.5) is 4.39 Å². The van der Waals surface area contributed by atoms with Crippen LogP contribution >= 0.6 is 11.8 Å². The third kappa shape index (κ3) is 4.84. The molecule has 8 heterocycles. The van der Waals surface area contributed by atoms with Gasteiger partial charge in [0.1, 0.15) is 29.9 Å². The summed E-state index contributed by atoms with van der Waals surface area (Å²) in [4.78, 5) is 35.4. The molecule has 4 bridgehead atoms. The first kappa shape index (κ1) is 36.0. The summed E-state index contributed by atoms with van der Waals surface area (Å²) in [6.45, 7) is 5.22. The van der Waals surface area contributed by atoms with Crippen LogP contribution in [0.25, 0.3) is 10.9 Å². The van der Waals surface area contributed by atoms with Crippen molar-refractivity contribution in [3.05, 3.63) is 74.7 Å². The Hall–Kier alpha value is -4.38. The molecule has 1 aromatic heterocycles. The SMILES string of the molecule is COc1c(C)cc2c(c1O)[C@@H]1C3[C@@H]4SC[C@]5(NCCc6c5[nH]c5ccc(F)cc65)C(=O)COC[C@H](c5c6c(c(C)c(OC(C)=O)c54)OCO6)N3[C@@H](O)[C@H](C2)N1C. The van der Waals surface area contributed by atoms with Crippen molar-refractivity contribution in [3.8, 4) is 28.7 Å². The number of Topliss-reactive ketones (excluding diaryl/α,β-unsaturated/α-hetero) is 1. The number of aliphatic hydroxyl groups is 1. The molecule has 294 valence electrons. The first-order valence-electron chi connectivity index (χ1n) is 18.9. The predicted molar refractivity (Wildman–Crippen MR) is 203 cm³/mol. The van der Waals surface area contributed by atoms with E-state index in [1.54, 1.807) is 6.07 Å². The zero-order valence-electron chi connectivity index (χ0n) is 31.7. The molecule has 2 fully saturated rings. The van der Waals surface area contributed by atoms with Crippen LogP contribution in [0.15, 0.2) is 24.3 Å². The lowest BCUT2D eigenvalue weighted by atomic mass is 9.73. The minimum atomic E-state index is -1.27. The number of aryl methyl sites for hydroxylation is 1. The highest BCUT2D eigenvalue weighted by molar-refractivity contribution is 7.99. The number of piperazine rings is 1. The van der Waals surface area contributed by atoms with Crippen LogP contribution in [-0.2, 0) is 32.7 Å². The van der Waals surface area contributed by atoms with Gasteiger partial charge in [0, 0.05) is 64.1 Å². The molecule has 0 radical (unpaired) electrons. The molecule has 4 aromatic rings. The number of thioether (sulfide) groups is 1. The van der Waals surface area contributed by atoms with Crippen LogP contribution in [0, 0.1) is 19.7 Å². The second kappa shape index (κ2) is 12.8. The Balaban J connectivity index is 1.24. The number of nitrogens with one attached hydrogen (secondary N) is 2. The monoisotopic (exact) mass is 786 g/mol. The summed E-state index contributed by atoms with van der Waals surface area (Å²) in [5.41, 5.74) is 5.34.